The Labute approximate surface area is 141 Å². The number of imidazole rings is 1. The zero-order valence-electron chi connectivity index (χ0n) is 13.3. The molecule has 25 heavy (non-hydrogen) atoms. The van der Waals surface area contributed by atoms with E-state index in [9.17, 15) is 4.39 Å². The van der Waals surface area contributed by atoms with Crippen LogP contribution in [0, 0.1) is 12.7 Å². The van der Waals surface area contributed by atoms with E-state index in [4.69, 9.17) is 4.42 Å². The number of aromatic amines is 1. The first-order valence-corrected chi connectivity index (χ1v) is 7.93. The Morgan fingerprint density at radius 3 is 3.08 bits per heavy atom. The van der Waals surface area contributed by atoms with Crippen LogP contribution in [0.5, 0.6) is 0 Å². The third-order valence-corrected chi connectivity index (χ3v) is 4.44. The number of aryl methyl sites for hydroxylation is 1. The number of nitrogens with zero attached hydrogens (tertiary/aromatic N) is 6. The third kappa shape index (κ3) is 2.12. The zero-order valence-corrected chi connectivity index (χ0v) is 13.3. The van der Waals surface area contributed by atoms with Gasteiger partial charge in [-0.25, -0.2) is 13.9 Å². The molecule has 1 atom stereocenters. The normalized spacial score (nSPS) is 17.2. The van der Waals surface area contributed by atoms with Crippen molar-refractivity contribution in [1.82, 2.24) is 29.8 Å². The van der Waals surface area contributed by atoms with E-state index in [0.29, 0.717) is 29.7 Å². The summed E-state index contributed by atoms with van der Waals surface area (Å²) in [5, 5.41) is 12.6. The Kier molecular flexibility index (Phi) is 2.90. The number of anilines is 1. The van der Waals surface area contributed by atoms with Crippen LogP contribution in [-0.2, 0) is 6.42 Å². The number of aromatic nitrogens is 6. The smallest absolute Gasteiger partial charge is 0.319 e. The fourth-order valence-electron chi connectivity index (χ4n) is 3.32. The maximum absolute atomic E-state index is 14.1. The first-order valence-electron chi connectivity index (χ1n) is 7.93. The lowest BCUT2D eigenvalue weighted by atomic mass is 10.0. The van der Waals surface area contributed by atoms with Gasteiger partial charge in [-0.2, -0.15) is 5.10 Å². The quantitative estimate of drug-likeness (QED) is 0.601. The van der Waals surface area contributed by atoms with Crippen LogP contribution in [0.1, 0.15) is 29.0 Å². The molecule has 8 nitrogen and oxygen atoms in total. The average Bonchev–Trinajstić information content (AvgIpc) is 3.32. The van der Waals surface area contributed by atoms with Crippen LogP contribution in [0.2, 0.25) is 0 Å². The van der Waals surface area contributed by atoms with Gasteiger partial charge in [0.2, 0.25) is 5.89 Å². The van der Waals surface area contributed by atoms with Gasteiger partial charge in [-0.3, -0.25) is 0 Å². The van der Waals surface area contributed by atoms with Crippen molar-refractivity contribution >= 4 is 11.5 Å². The van der Waals surface area contributed by atoms with E-state index in [1.54, 1.807) is 31.6 Å². The van der Waals surface area contributed by atoms with Crippen molar-refractivity contribution in [2.75, 3.05) is 11.4 Å². The van der Waals surface area contributed by atoms with E-state index < -0.39 is 0 Å². The molecule has 4 aromatic heterocycles. The number of H-pyrrole nitrogens is 1. The van der Waals surface area contributed by atoms with Gasteiger partial charge in [0, 0.05) is 31.8 Å². The summed E-state index contributed by atoms with van der Waals surface area (Å²) in [6.07, 6.45) is 4.16. The molecule has 0 saturated heterocycles. The summed E-state index contributed by atoms with van der Waals surface area (Å²) in [5.41, 5.74) is 2.97. The molecular formula is C16H14FN7O. The minimum Gasteiger partial charge on any atom is -0.408 e. The molecule has 0 saturated carbocycles. The predicted molar refractivity (Wildman–Crippen MR) is 85.7 cm³/mol. The molecule has 9 heteroatoms. The molecule has 0 aromatic carbocycles. The van der Waals surface area contributed by atoms with Crippen molar-refractivity contribution < 1.29 is 8.81 Å². The van der Waals surface area contributed by atoms with Gasteiger partial charge in [0.1, 0.15) is 17.4 Å². The van der Waals surface area contributed by atoms with E-state index in [0.717, 1.165) is 17.8 Å². The fraction of sp³-hybridized carbons (Fsp3) is 0.250. The van der Waals surface area contributed by atoms with Crippen molar-refractivity contribution in [3.63, 3.8) is 0 Å². The molecule has 1 aliphatic rings. The molecule has 0 radical (unpaired) electrons. The van der Waals surface area contributed by atoms with Gasteiger partial charge >= 0.3 is 6.01 Å². The SMILES string of the molecule is Cc1nnc(N2CCc3[nH]cnc3C2c2cc3c(F)cccn3n2)o1. The number of halogens is 1. The van der Waals surface area contributed by atoms with Crippen molar-refractivity contribution in [3.8, 4) is 0 Å². The molecule has 0 spiro atoms. The molecule has 1 N–H and O–H groups in total. The van der Waals surface area contributed by atoms with E-state index in [-0.39, 0.29) is 11.9 Å². The van der Waals surface area contributed by atoms with Gasteiger partial charge < -0.3 is 14.3 Å². The van der Waals surface area contributed by atoms with E-state index in [2.05, 4.69) is 25.3 Å². The number of hydrogen-bond acceptors (Lipinski definition) is 6. The highest BCUT2D eigenvalue weighted by Gasteiger charge is 2.35. The van der Waals surface area contributed by atoms with E-state index in [1.807, 2.05) is 4.90 Å². The highest BCUT2D eigenvalue weighted by atomic mass is 19.1. The van der Waals surface area contributed by atoms with Gasteiger partial charge in [-0.15, -0.1) is 5.10 Å². The Morgan fingerprint density at radius 1 is 1.36 bits per heavy atom. The summed E-state index contributed by atoms with van der Waals surface area (Å²) in [6.45, 7) is 2.41. The molecule has 5 heterocycles. The number of hydrogen-bond donors (Lipinski definition) is 1. The van der Waals surface area contributed by atoms with Crippen molar-refractivity contribution in [2.45, 2.75) is 19.4 Å². The second kappa shape index (κ2) is 5.13. The molecule has 1 aliphatic heterocycles. The molecule has 0 aliphatic carbocycles. The van der Waals surface area contributed by atoms with Crippen LogP contribution in [0.15, 0.2) is 35.1 Å². The van der Waals surface area contributed by atoms with Gasteiger partial charge in [-0.05, 0) is 18.2 Å². The Morgan fingerprint density at radius 2 is 2.28 bits per heavy atom. The minimum absolute atomic E-state index is 0.320. The van der Waals surface area contributed by atoms with Crippen molar-refractivity contribution in [2.24, 2.45) is 0 Å². The lowest BCUT2D eigenvalue weighted by Crippen LogP contribution is -2.36. The number of fused-ring (bicyclic) bond motifs is 2. The number of rotatable bonds is 2. The van der Waals surface area contributed by atoms with E-state index in [1.165, 1.54) is 10.6 Å². The zero-order chi connectivity index (χ0) is 17.0. The van der Waals surface area contributed by atoms with Crippen LogP contribution in [-0.4, -0.2) is 36.3 Å². The van der Waals surface area contributed by atoms with Crippen LogP contribution >= 0.6 is 0 Å². The monoisotopic (exact) mass is 339 g/mol. The molecule has 0 bridgehead atoms. The van der Waals surface area contributed by atoms with Crippen molar-refractivity contribution in [3.05, 3.63) is 59.5 Å². The van der Waals surface area contributed by atoms with Crippen LogP contribution in [0.3, 0.4) is 0 Å². The van der Waals surface area contributed by atoms with Gasteiger partial charge in [-0.1, -0.05) is 5.10 Å². The molecule has 5 rings (SSSR count). The molecule has 126 valence electrons. The first-order chi connectivity index (χ1) is 12.2. The van der Waals surface area contributed by atoms with Gasteiger partial charge in [0.15, 0.2) is 0 Å². The molecule has 1 unspecified atom stereocenters. The highest BCUT2D eigenvalue weighted by Crippen LogP contribution is 2.36. The van der Waals surface area contributed by atoms with Crippen LogP contribution < -0.4 is 4.90 Å². The van der Waals surface area contributed by atoms with Crippen molar-refractivity contribution in [1.29, 1.82) is 0 Å². The van der Waals surface area contributed by atoms with E-state index >= 15 is 0 Å². The summed E-state index contributed by atoms with van der Waals surface area (Å²) in [6, 6.07) is 4.86. The number of pyridine rings is 1. The second-order valence-corrected chi connectivity index (χ2v) is 5.97. The molecular weight excluding hydrogens is 325 g/mol. The molecule has 4 aromatic rings. The van der Waals surface area contributed by atoms with Gasteiger partial charge in [0.05, 0.1) is 17.7 Å². The fourth-order valence-corrected chi connectivity index (χ4v) is 3.32. The highest BCUT2D eigenvalue weighted by molar-refractivity contribution is 5.52. The average molecular weight is 339 g/mol. The molecule has 0 amide bonds. The lowest BCUT2D eigenvalue weighted by molar-refractivity contribution is 0.477. The standard InChI is InChI=1S/C16H14FN7O/c1-9-20-21-16(25-9)23-6-4-11-14(19-8-18-11)15(23)12-7-13-10(17)3-2-5-24(13)22-12/h2-3,5,7-8,15H,4,6H2,1H3,(H,18,19). The Balaban J connectivity index is 1.69. The van der Waals surface area contributed by atoms with Crippen LogP contribution in [0.4, 0.5) is 10.4 Å². The second-order valence-electron chi connectivity index (χ2n) is 5.97. The topological polar surface area (TPSA) is 88.1 Å². The summed E-state index contributed by atoms with van der Waals surface area (Å²) >= 11 is 0. The summed E-state index contributed by atoms with van der Waals surface area (Å²) in [7, 11) is 0. The summed E-state index contributed by atoms with van der Waals surface area (Å²) in [4.78, 5) is 9.59. The number of nitrogens with one attached hydrogen (secondary N) is 1. The largest absolute Gasteiger partial charge is 0.408 e. The summed E-state index contributed by atoms with van der Waals surface area (Å²) in [5.74, 6) is 0.169. The first kappa shape index (κ1) is 14.1. The third-order valence-electron chi connectivity index (χ3n) is 4.44. The lowest BCUT2D eigenvalue weighted by Gasteiger charge is -2.32. The Hall–Kier alpha value is -3.23. The molecule has 0 fully saturated rings. The van der Waals surface area contributed by atoms with Crippen LogP contribution in [0.25, 0.3) is 5.52 Å². The maximum atomic E-state index is 14.1. The summed E-state index contributed by atoms with van der Waals surface area (Å²) < 4.78 is 21.2. The Bertz CT molecular complexity index is 1070. The van der Waals surface area contributed by atoms with Gasteiger partial charge in [0.25, 0.3) is 0 Å². The minimum atomic E-state index is -0.325. The maximum Gasteiger partial charge on any atom is 0.319 e. The predicted octanol–water partition coefficient (Wildman–Crippen LogP) is 2.04.